The van der Waals surface area contributed by atoms with Crippen molar-refractivity contribution in [3.8, 4) is 11.5 Å². The first-order chi connectivity index (χ1) is 14.9. The highest BCUT2D eigenvalue weighted by Crippen LogP contribution is 2.24. The van der Waals surface area contributed by atoms with Gasteiger partial charge in [0.2, 0.25) is 10.0 Å². The summed E-state index contributed by atoms with van der Waals surface area (Å²) in [6.45, 7) is 0.252. The predicted molar refractivity (Wildman–Crippen MR) is 115 cm³/mol. The molecule has 1 N–H and O–H groups in total. The fourth-order valence-corrected chi connectivity index (χ4v) is 5.02. The minimum Gasteiger partial charge on any atom is -0.497 e. The smallest absolute Gasteiger partial charge is 0.255 e. The molecule has 0 unspecified atom stereocenters. The molecule has 0 radical (unpaired) electrons. The molecule has 0 bridgehead atoms. The van der Waals surface area contributed by atoms with Gasteiger partial charge < -0.3 is 14.5 Å². The van der Waals surface area contributed by atoms with Gasteiger partial charge in [-0.05, 0) is 42.0 Å². The van der Waals surface area contributed by atoms with Crippen molar-refractivity contribution in [1.29, 1.82) is 0 Å². The van der Waals surface area contributed by atoms with Crippen LogP contribution in [0.2, 0.25) is 0 Å². The van der Waals surface area contributed by atoms with Crippen LogP contribution >= 0.6 is 0 Å². The minimum absolute atomic E-state index is 0.00846. The first-order valence-corrected chi connectivity index (χ1v) is 11.2. The van der Waals surface area contributed by atoms with Gasteiger partial charge in [0.15, 0.2) is 0 Å². The Morgan fingerprint density at radius 1 is 1.06 bits per heavy atom. The summed E-state index contributed by atoms with van der Waals surface area (Å²) in [5.74, 6) is 1.85. The van der Waals surface area contributed by atoms with Crippen molar-refractivity contribution in [2.24, 2.45) is 0 Å². The Balaban J connectivity index is 1.57. The van der Waals surface area contributed by atoms with Crippen molar-refractivity contribution in [2.45, 2.75) is 24.3 Å². The number of aromatic amines is 1. The van der Waals surface area contributed by atoms with E-state index in [0.29, 0.717) is 35.7 Å². The van der Waals surface area contributed by atoms with Crippen LogP contribution in [0.5, 0.6) is 11.5 Å². The van der Waals surface area contributed by atoms with Crippen LogP contribution in [0.1, 0.15) is 22.6 Å². The van der Waals surface area contributed by atoms with E-state index in [9.17, 15) is 13.2 Å². The molecule has 9 heteroatoms. The lowest BCUT2D eigenvalue weighted by atomic mass is 10.1. The topological polar surface area (TPSA) is 102 Å². The van der Waals surface area contributed by atoms with Gasteiger partial charge in [0.05, 0.1) is 30.4 Å². The van der Waals surface area contributed by atoms with Gasteiger partial charge in [-0.3, -0.25) is 4.79 Å². The third-order valence-electron chi connectivity index (χ3n) is 5.29. The summed E-state index contributed by atoms with van der Waals surface area (Å²) < 4.78 is 37.7. The molecule has 2 heterocycles. The Morgan fingerprint density at radius 3 is 2.52 bits per heavy atom. The van der Waals surface area contributed by atoms with E-state index in [2.05, 4.69) is 9.97 Å². The van der Waals surface area contributed by atoms with Gasteiger partial charge in [0.25, 0.3) is 5.56 Å². The molecule has 1 aliphatic heterocycles. The molecular weight excluding hydrogens is 418 g/mol. The SMILES string of the molecule is COc1ccc(S(=O)(=O)N2CCc3nc(Cc4cccc(OC)c4)[nH]c(=O)c3C2)cc1. The summed E-state index contributed by atoms with van der Waals surface area (Å²) in [6.07, 6.45) is 0.827. The molecule has 0 saturated carbocycles. The molecule has 162 valence electrons. The average Bonchev–Trinajstić information content (AvgIpc) is 2.79. The van der Waals surface area contributed by atoms with Crippen molar-refractivity contribution in [1.82, 2.24) is 14.3 Å². The third kappa shape index (κ3) is 4.33. The number of hydrogen-bond donors (Lipinski definition) is 1. The van der Waals surface area contributed by atoms with Crippen LogP contribution in [0.15, 0.2) is 58.2 Å². The third-order valence-corrected chi connectivity index (χ3v) is 7.14. The fraction of sp³-hybridized carbons (Fsp3) is 0.273. The molecular formula is C22H23N3O5S. The van der Waals surface area contributed by atoms with Crippen molar-refractivity contribution >= 4 is 10.0 Å². The summed E-state index contributed by atoms with van der Waals surface area (Å²) in [7, 11) is -0.608. The summed E-state index contributed by atoms with van der Waals surface area (Å²) >= 11 is 0. The molecule has 8 nitrogen and oxygen atoms in total. The number of hydrogen-bond acceptors (Lipinski definition) is 6. The van der Waals surface area contributed by atoms with E-state index in [-0.39, 0.29) is 23.5 Å². The lowest BCUT2D eigenvalue weighted by Gasteiger charge is -2.27. The summed E-state index contributed by atoms with van der Waals surface area (Å²) in [6, 6.07) is 13.8. The van der Waals surface area contributed by atoms with Gasteiger partial charge in [0, 0.05) is 25.9 Å². The quantitative estimate of drug-likeness (QED) is 0.629. The Labute approximate surface area is 180 Å². The summed E-state index contributed by atoms with van der Waals surface area (Å²) in [5.41, 5.74) is 1.68. The Bertz CT molecular complexity index is 1250. The Kier molecular flexibility index (Phi) is 5.79. The number of benzene rings is 2. The zero-order valence-electron chi connectivity index (χ0n) is 17.3. The molecule has 31 heavy (non-hydrogen) atoms. The van der Waals surface area contributed by atoms with Crippen LogP contribution < -0.4 is 15.0 Å². The van der Waals surface area contributed by atoms with Gasteiger partial charge in [-0.1, -0.05) is 12.1 Å². The van der Waals surface area contributed by atoms with Crippen molar-refractivity contribution < 1.29 is 17.9 Å². The van der Waals surface area contributed by atoms with Crippen molar-refractivity contribution in [3.05, 3.63) is 81.5 Å². The molecule has 0 aliphatic carbocycles. The number of sulfonamides is 1. The van der Waals surface area contributed by atoms with Crippen LogP contribution in [0.4, 0.5) is 0 Å². The molecule has 3 aromatic rings. The van der Waals surface area contributed by atoms with Gasteiger partial charge in [-0.15, -0.1) is 0 Å². The second-order valence-corrected chi connectivity index (χ2v) is 9.17. The monoisotopic (exact) mass is 441 g/mol. The van der Waals surface area contributed by atoms with E-state index in [1.165, 1.54) is 23.5 Å². The Morgan fingerprint density at radius 2 is 1.81 bits per heavy atom. The minimum atomic E-state index is -3.73. The molecule has 0 amide bonds. The summed E-state index contributed by atoms with van der Waals surface area (Å²) in [5, 5.41) is 0. The summed E-state index contributed by atoms with van der Waals surface area (Å²) in [4.78, 5) is 20.3. The molecule has 0 spiro atoms. The van der Waals surface area contributed by atoms with Crippen LogP contribution in [0.25, 0.3) is 0 Å². The normalized spacial score (nSPS) is 14.1. The van der Waals surface area contributed by atoms with Gasteiger partial charge in [0.1, 0.15) is 17.3 Å². The van der Waals surface area contributed by atoms with Crippen LogP contribution in [-0.2, 0) is 29.4 Å². The highest BCUT2D eigenvalue weighted by molar-refractivity contribution is 7.89. The standard InChI is InChI=1S/C22H23N3O5S/c1-29-16-6-8-18(9-7-16)31(27,28)25-11-10-20-19(14-25)22(26)24-21(23-20)13-15-4-3-5-17(12-15)30-2/h3-9,12H,10-11,13-14H2,1-2H3,(H,23,24,26). The molecule has 1 aromatic heterocycles. The average molecular weight is 442 g/mol. The highest BCUT2D eigenvalue weighted by atomic mass is 32.2. The number of methoxy groups -OCH3 is 2. The first-order valence-electron chi connectivity index (χ1n) is 9.79. The van der Waals surface area contributed by atoms with Crippen LogP contribution in [0, 0.1) is 0 Å². The lowest BCUT2D eigenvalue weighted by Crippen LogP contribution is -2.39. The van der Waals surface area contributed by atoms with Gasteiger partial charge in [-0.25, -0.2) is 13.4 Å². The van der Waals surface area contributed by atoms with Crippen molar-refractivity contribution in [3.63, 3.8) is 0 Å². The maximum Gasteiger partial charge on any atom is 0.255 e. The maximum absolute atomic E-state index is 13.0. The van der Waals surface area contributed by atoms with E-state index in [0.717, 1.165) is 11.3 Å². The van der Waals surface area contributed by atoms with E-state index >= 15 is 0 Å². The molecule has 2 aromatic carbocycles. The first kappa shape index (κ1) is 21.1. The van der Waals surface area contributed by atoms with E-state index in [1.807, 2.05) is 24.3 Å². The number of rotatable bonds is 6. The van der Waals surface area contributed by atoms with Gasteiger partial charge >= 0.3 is 0 Å². The molecule has 0 fully saturated rings. The second kappa shape index (κ2) is 8.52. The molecule has 4 rings (SSSR count). The van der Waals surface area contributed by atoms with Gasteiger partial charge in [-0.2, -0.15) is 4.31 Å². The van der Waals surface area contributed by atoms with E-state index in [1.54, 1.807) is 19.2 Å². The van der Waals surface area contributed by atoms with Crippen LogP contribution in [0.3, 0.4) is 0 Å². The number of ether oxygens (including phenoxy) is 2. The zero-order chi connectivity index (χ0) is 22.0. The maximum atomic E-state index is 13.0. The second-order valence-electron chi connectivity index (χ2n) is 7.23. The lowest BCUT2D eigenvalue weighted by molar-refractivity contribution is 0.384. The fourth-order valence-electron chi connectivity index (χ4n) is 3.61. The van der Waals surface area contributed by atoms with Crippen LogP contribution in [-0.4, -0.2) is 43.5 Å². The molecule has 0 saturated heterocycles. The molecule has 1 aliphatic rings. The van der Waals surface area contributed by atoms with Crippen molar-refractivity contribution in [2.75, 3.05) is 20.8 Å². The number of aromatic nitrogens is 2. The highest BCUT2D eigenvalue weighted by Gasteiger charge is 2.30. The molecule has 0 atom stereocenters. The van der Waals surface area contributed by atoms with E-state index < -0.39 is 10.0 Å². The number of nitrogens with one attached hydrogen (secondary N) is 1. The Hall–Kier alpha value is -3.17. The predicted octanol–water partition coefficient (Wildman–Crippen LogP) is 2.12. The number of nitrogens with zero attached hydrogens (tertiary/aromatic N) is 2. The zero-order valence-corrected chi connectivity index (χ0v) is 18.1. The number of fused-ring (bicyclic) bond motifs is 1. The largest absolute Gasteiger partial charge is 0.497 e. The number of H-pyrrole nitrogens is 1. The van der Waals surface area contributed by atoms with E-state index in [4.69, 9.17) is 9.47 Å².